The summed E-state index contributed by atoms with van der Waals surface area (Å²) in [6, 6.07) is 8.69. The van der Waals surface area contributed by atoms with Crippen molar-refractivity contribution >= 4 is 15.8 Å². The zero-order valence-corrected chi connectivity index (χ0v) is 18.1. The molecule has 0 amide bonds. The second-order valence-corrected chi connectivity index (χ2v) is 10.9. The smallest absolute Gasteiger partial charge is 0.191 e. The van der Waals surface area contributed by atoms with Crippen LogP contribution < -0.4 is 10.6 Å². The molecule has 1 aromatic carbocycles. The molecule has 3 rings (SSSR count). The Morgan fingerprint density at radius 3 is 2.36 bits per heavy atom. The van der Waals surface area contributed by atoms with Crippen molar-refractivity contribution in [3.63, 3.8) is 0 Å². The van der Waals surface area contributed by atoms with E-state index in [1.54, 1.807) is 7.05 Å². The molecule has 0 aliphatic carbocycles. The summed E-state index contributed by atoms with van der Waals surface area (Å²) < 4.78 is 23.2. The van der Waals surface area contributed by atoms with E-state index in [9.17, 15) is 8.42 Å². The van der Waals surface area contributed by atoms with E-state index in [-0.39, 0.29) is 17.5 Å². The van der Waals surface area contributed by atoms with Crippen LogP contribution in [-0.2, 0) is 22.9 Å². The lowest BCUT2D eigenvalue weighted by molar-refractivity contribution is 0.134. The van der Waals surface area contributed by atoms with Crippen molar-refractivity contribution in [2.24, 2.45) is 16.8 Å². The molecule has 0 saturated carbocycles. The van der Waals surface area contributed by atoms with Crippen molar-refractivity contribution in [1.29, 1.82) is 0 Å². The highest BCUT2D eigenvalue weighted by molar-refractivity contribution is 7.91. The quantitative estimate of drug-likeness (QED) is 0.578. The van der Waals surface area contributed by atoms with Gasteiger partial charge in [0.15, 0.2) is 15.8 Å². The number of rotatable bonds is 5. The van der Waals surface area contributed by atoms with Crippen LogP contribution in [-0.4, -0.2) is 57.0 Å². The Hall–Kier alpha value is -1.60. The lowest BCUT2D eigenvalue weighted by Crippen LogP contribution is -2.43. The molecule has 3 atom stereocenters. The van der Waals surface area contributed by atoms with Crippen LogP contribution in [0.5, 0.6) is 0 Å². The number of guanidine groups is 1. The van der Waals surface area contributed by atoms with E-state index in [0.29, 0.717) is 18.9 Å². The summed E-state index contributed by atoms with van der Waals surface area (Å²) in [5, 5.41) is 6.50. The van der Waals surface area contributed by atoms with Gasteiger partial charge in [-0.1, -0.05) is 38.1 Å². The second-order valence-electron chi connectivity index (χ2n) is 8.63. The minimum Gasteiger partial charge on any atom is -0.353 e. The first-order valence-corrected chi connectivity index (χ1v) is 12.1. The van der Waals surface area contributed by atoms with Crippen molar-refractivity contribution in [1.82, 2.24) is 15.5 Å². The van der Waals surface area contributed by atoms with Gasteiger partial charge in [-0.15, -0.1) is 0 Å². The highest BCUT2D eigenvalue weighted by atomic mass is 32.2. The molecule has 0 bridgehead atoms. The number of aliphatic imine (C=N–C) groups is 1. The molecule has 3 unspecified atom stereocenters. The van der Waals surface area contributed by atoms with Crippen LogP contribution in [0.3, 0.4) is 0 Å². The molecule has 1 aromatic rings. The van der Waals surface area contributed by atoms with E-state index >= 15 is 0 Å². The summed E-state index contributed by atoms with van der Waals surface area (Å²) >= 11 is 0. The standard InChI is InChI=1S/C21H34N4O2S/c1-16-10-17(2)13-25(12-16)14-19-6-4-18(5-7-19)11-23-21(22-3)24-20-8-9-28(26,27)15-20/h4-7,16-17,20H,8-15H2,1-3H3,(H2,22,23,24). The van der Waals surface area contributed by atoms with E-state index in [1.807, 2.05) is 0 Å². The Morgan fingerprint density at radius 1 is 1.14 bits per heavy atom. The molecule has 6 nitrogen and oxygen atoms in total. The third-order valence-corrected chi connectivity index (χ3v) is 7.40. The van der Waals surface area contributed by atoms with Gasteiger partial charge in [0.05, 0.1) is 11.5 Å². The van der Waals surface area contributed by atoms with Gasteiger partial charge in [0.1, 0.15) is 0 Å². The topological polar surface area (TPSA) is 73.8 Å². The average Bonchev–Trinajstić information content (AvgIpc) is 2.97. The number of benzene rings is 1. The summed E-state index contributed by atoms with van der Waals surface area (Å²) in [7, 11) is -1.18. The number of hydrogen-bond donors (Lipinski definition) is 2. The molecule has 2 aliphatic heterocycles. The van der Waals surface area contributed by atoms with E-state index in [2.05, 4.69) is 58.6 Å². The van der Waals surface area contributed by atoms with Gasteiger partial charge in [0.25, 0.3) is 0 Å². The maximum Gasteiger partial charge on any atom is 0.191 e. The van der Waals surface area contributed by atoms with E-state index in [4.69, 9.17) is 0 Å². The Labute approximate surface area is 169 Å². The van der Waals surface area contributed by atoms with Crippen molar-refractivity contribution in [2.45, 2.75) is 45.8 Å². The van der Waals surface area contributed by atoms with E-state index < -0.39 is 9.84 Å². The molecular formula is C21H34N4O2S. The Bertz CT molecular complexity index is 766. The number of piperidine rings is 1. The van der Waals surface area contributed by atoms with Gasteiger partial charge in [0.2, 0.25) is 0 Å². The van der Waals surface area contributed by atoms with Crippen LogP contribution in [0.2, 0.25) is 0 Å². The van der Waals surface area contributed by atoms with Crippen molar-refractivity contribution in [2.75, 3.05) is 31.6 Å². The Morgan fingerprint density at radius 2 is 1.79 bits per heavy atom. The fourth-order valence-electron chi connectivity index (χ4n) is 4.42. The van der Waals surface area contributed by atoms with Crippen LogP contribution >= 0.6 is 0 Å². The monoisotopic (exact) mass is 406 g/mol. The first-order chi connectivity index (χ1) is 13.3. The molecule has 2 heterocycles. The maximum atomic E-state index is 11.6. The minimum atomic E-state index is -2.89. The van der Waals surface area contributed by atoms with Gasteiger partial charge < -0.3 is 10.6 Å². The summed E-state index contributed by atoms with van der Waals surface area (Å²) in [4.78, 5) is 6.78. The van der Waals surface area contributed by atoms with Gasteiger partial charge in [-0.25, -0.2) is 8.42 Å². The van der Waals surface area contributed by atoms with E-state index in [1.165, 1.54) is 30.6 Å². The largest absolute Gasteiger partial charge is 0.353 e. The first-order valence-electron chi connectivity index (χ1n) is 10.3. The number of nitrogens with one attached hydrogen (secondary N) is 2. The molecule has 0 radical (unpaired) electrons. The third-order valence-electron chi connectivity index (χ3n) is 5.63. The van der Waals surface area contributed by atoms with Crippen LogP contribution in [0.1, 0.15) is 37.8 Å². The van der Waals surface area contributed by atoms with Crippen LogP contribution in [0.15, 0.2) is 29.3 Å². The van der Waals surface area contributed by atoms with Crippen molar-refractivity contribution in [3.8, 4) is 0 Å². The molecule has 2 saturated heterocycles. The molecule has 0 spiro atoms. The van der Waals surface area contributed by atoms with Crippen molar-refractivity contribution < 1.29 is 8.42 Å². The predicted octanol–water partition coefficient (Wildman–Crippen LogP) is 2.02. The first kappa shape index (κ1) is 21.1. The summed E-state index contributed by atoms with van der Waals surface area (Å²) in [5.74, 6) is 2.67. The number of nitrogens with zero attached hydrogens (tertiary/aromatic N) is 2. The number of sulfone groups is 1. The fourth-order valence-corrected chi connectivity index (χ4v) is 6.10. The molecule has 2 N–H and O–H groups in total. The molecule has 7 heteroatoms. The fraction of sp³-hybridized carbons (Fsp3) is 0.667. The molecular weight excluding hydrogens is 372 g/mol. The second kappa shape index (κ2) is 9.27. The average molecular weight is 407 g/mol. The van der Waals surface area contributed by atoms with Gasteiger partial charge in [0, 0.05) is 39.3 Å². The molecule has 2 aliphatic rings. The highest BCUT2D eigenvalue weighted by Crippen LogP contribution is 2.22. The zero-order valence-electron chi connectivity index (χ0n) is 17.3. The van der Waals surface area contributed by atoms with E-state index in [0.717, 1.165) is 18.4 Å². The van der Waals surface area contributed by atoms with Gasteiger partial charge in [-0.3, -0.25) is 9.89 Å². The minimum absolute atomic E-state index is 0.0482. The Balaban J connectivity index is 1.47. The summed E-state index contributed by atoms with van der Waals surface area (Å²) in [6.45, 7) is 8.75. The molecule has 2 fully saturated rings. The van der Waals surface area contributed by atoms with Crippen LogP contribution in [0, 0.1) is 11.8 Å². The lowest BCUT2D eigenvalue weighted by Gasteiger charge is -2.35. The molecule has 28 heavy (non-hydrogen) atoms. The predicted molar refractivity (Wildman–Crippen MR) is 115 cm³/mol. The zero-order chi connectivity index (χ0) is 20.1. The Kier molecular flexibility index (Phi) is 6.99. The normalized spacial score (nSPS) is 28.2. The number of hydrogen-bond acceptors (Lipinski definition) is 4. The van der Waals surface area contributed by atoms with Gasteiger partial charge in [-0.2, -0.15) is 0 Å². The highest BCUT2D eigenvalue weighted by Gasteiger charge is 2.28. The summed E-state index contributed by atoms with van der Waals surface area (Å²) in [5.41, 5.74) is 2.54. The van der Waals surface area contributed by atoms with Gasteiger partial charge in [-0.05, 0) is 35.8 Å². The molecule has 156 valence electrons. The maximum absolute atomic E-state index is 11.6. The third kappa shape index (κ3) is 6.21. The van der Waals surface area contributed by atoms with Crippen molar-refractivity contribution in [3.05, 3.63) is 35.4 Å². The van der Waals surface area contributed by atoms with Gasteiger partial charge >= 0.3 is 0 Å². The number of likely N-dealkylation sites (tertiary alicyclic amines) is 1. The lowest BCUT2D eigenvalue weighted by atomic mass is 9.91. The summed E-state index contributed by atoms with van der Waals surface area (Å²) in [6.07, 6.45) is 1.98. The SMILES string of the molecule is CN=C(NCc1ccc(CN2CC(C)CC(C)C2)cc1)NC1CCS(=O)(=O)C1. The van der Waals surface area contributed by atoms with Crippen LogP contribution in [0.25, 0.3) is 0 Å². The molecule has 0 aromatic heterocycles. The van der Waals surface area contributed by atoms with Crippen LogP contribution in [0.4, 0.5) is 0 Å².